The first kappa shape index (κ1) is 20.4. The number of carbonyl (C=O) groups excluding carboxylic acids is 2. The third kappa shape index (κ3) is 5.35. The van der Waals surface area contributed by atoms with E-state index >= 15 is 0 Å². The van der Waals surface area contributed by atoms with E-state index in [1.54, 1.807) is 23.9 Å². The molecule has 1 unspecified atom stereocenters. The van der Waals surface area contributed by atoms with E-state index in [0.29, 0.717) is 25.9 Å². The maximum atomic E-state index is 13.7. The van der Waals surface area contributed by atoms with Crippen molar-refractivity contribution in [3.05, 3.63) is 66.0 Å². The first-order valence-corrected chi connectivity index (χ1v) is 10.5. The summed E-state index contributed by atoms with van der Waals surface area (Å²) in [4.78, 5) is 28.0. The zero-order valence-electron chi connectivity index (χ0n) is 15.9. The zero-order chi connectivity index (χ0) is 19.9. The molecular weight excluding hydrogens is 375 g/mol. The van der Waals surface area contributed by atoms with E-state index in [9.17, 15) is 14.0 Å². The predicted molar refractivity (Wildman–Crippen MR) is 110 cm³/mol. The number of piperidine rings is 1. The van der Waals surface area contributed by atoms with Crippen LogP contribution in [0.3, 0.4) is 0 Å². The van der Waals surface area contributed by atoms with Gasteiger partial charge in [-0.25, -0.2) is 4.39 Å². The largest absolute Gasteiger partial charge is 0.349 e. The smallest absolute Gasteiger partial charge is 0.254 e. The SMILES string of the molecule is CC(CSc1ccccc1)C(=O)N1CCC(NC(=O)c2ccccc2F)CC1. The summed E-state index contributed by atoms with van der Waals surface area (Å²) < 4.78 is 13.7. The van der Waals surface area contributed by atoms with Gasteiger partial charge in [-0.3, -0.25) is 9.59 Å². The Kier molecular flexibility index (Phi) is 7.09. The average Bonchev–Trinajstić information content (AvgIpc) is 2.73. The van der Waals surface area contributed by atoms with Crippen molar-refractivity contribution in [2.45, 2.75) is 30.7 Å². The lowest BCUT2D eigenvalue weighted by Gasteiger charge is -2.34. The molecule has 0 aromatic heterocycles. The van der Waals surface area contributed by atoms with Gasteiger partial charge in [-0.05, 0) is 37.1 Å². The molecular formula is C22H25FN2O2S. The van der Waals surface area contributed by atoms with Crippen LogP contribution in [0, 0.1) is 11.7 Å². The van der Waals surface area contributed by atoms with Crippen molar-refractivity contribution >= 4 is 23.6 Å². The fraction of sp³-hybridized carbons (Fsp3) is 0.364. The average molecular weight is 401 g/mol. The molecule has 6 heteroatoms. The molecule has 1 aliphatic heterocycles. The summed E-state index contributed by atoms with van der Waals surface area (Å²) in [5.74, 6) is -0.0720. The molecule has 2 aromatic carbocycles. The number of carbonyl (C=O) groups is 2. The monoisotopic (exact) mass is 400 g/mol. The molecule has 1 atom stereocenters. The summed E-state index contributed by atoms with van der Waals surface area (Å²) in [6, 6.07) is 16.0. The molecule has 0 saturated carbocycles. The van der Waals surface area contributed by atoms with Gasteiger partial charge in [0.05, 0.1) is 5.56 Å². The highest BCUT2D eigenvalue weighted by Crippen LogP contribution is 2.22. The number of thioether (sulfide) groups is 1. The summed E-state index contributed by atoms with van der Waals surface area (Å²) in [5, 5.41) is 2.89. The Hall–Kier alpha value is -2.34. The summed E-state index contributed by atoms with van der Waals surface area (Å²) in [6.07, 6.45) is 1.37. The number of hydrogen-bond donors (Lipinski definition) is 1. The second kappa shape index (κ2) is 9.73. The van der Waals surface area contributed by atoms with Gasteiger partial charge >= 0.3 is 0 Å². The van der Waals surface area contributed by atoms with Crippen molar-refractivity contribution in [2.24, 2.45) is 5.92 Å². The van der Waals surface area contributed by atoms with Crippen LogP contribution in [0.5, 0.6) is 0 Å². The molecule has 2 amide bonds. The maximum absolute atomic E-state index is 13.7. The van der Waals surface area contributed by atoms with Crippen LogP contribution in [-0.4, -0.2) is 41.6 Å². The van der Waals surface area contributed by atoms with Crippen molar-refractivity contribution in [1.82, 2.24) is 10.2 Å². The molecule has 2 aromatic rings. The highest BCUT2D eigenvalue weighted by molar-refractivity contribution is 7.99. The summed E-state index contributed by atoms with van der Waals surface area (Å²) >= 11 is 1.69. The van der Waals surface area contributed by atoms with Crippen LogP contribution in [0.15, 0.2) is 59.5 Å². The first-order valence-electron chi connectivity index (χ1n) is 9.56. The second-order valence-corrected chi connectivity index (χ2v) is 8.17. The molecule has 28 heavy (non-hydrogen) atoms. The van der Waals surface area contributed by atoms with Gasteiger partial charge in [0.2, 0.25) is 5.91 Å². The number of halogens is 1. The Balaban J connectivity index is 1.44. The summed E-state index contributed by atoms with van der Waals surface area (Å²) in [5.41, 5.74) is 0.0626. The van der Waals surface area contributed by atoms with Gasteiger partial charge in [0.25, 0.3) is 5.91 Å². The van der Waals surface area contributed by atoms with Gasteiger partial charge in [0.15, 0.2) is 0 Å². The van der Waals surface area contributed by atoms with Crippen LogP contribution in [-0.2, 0) is 4.79 Å². The highest BCUT2D eigenvalue weighted by Gasteiger charge is 2.27. The quantitative estimate of drug-likeness (QED) is 0.747. The van der Waals surface area contributed by atoms with Crippen LogP contribution >= 0.6 is 11.8 Å². The minimum Gasteiger partial charge on any atom is -0.349 e. The number of hydrogen-bond acceptors (Lipinski definition) is 3. The molecule has 0 spiro atoms. The minimum atomic E-state index is -0.516. The minimum absolute atomic E-state index is 0.0369. The number of likely N-dealkylation sites (tertiary alicyclic amines) is 1. The fourth-order valence-corrected chi connectivity index (χ4v) is 4.21. The zero-order valence-corrected chi connectivity index (χ0v) is 16.8. The highest BCUT2D eigenvalue weighted by atomic mass is 32.2. The summed E-state index contributed by atoms with van der Waals surface area (Å²) in [6.45, 7) is 3.19. The molecule has 1 aliphatic rings. The lowest BCUT2D eigenvalue weighted by Crippen LogP contribution is -2.48. The van der Waals surface area contributed by atoms with Crippen molar-refractivity contribution in [2.75, 3.05) is 18.8 Å². The van der Waals surface area contributed by atoms with E-state index < -0.39 is 11.7 Å². The Morgan fingerprint density at radius 1 is 1.11 bits per heavy atom. The predicted octanol–water partition coefficient (Wildman–Crippen LogP) is 3.97. The van der Waals surface area contributed by atoms with E-state index in [-0.39, 0.29) is 23.4 Å². The standard InChI is InChI=1S/C22H25FN2O2S/c1-16(15-28-18-7-3-2-4-8-18)22(27)25-13-11-17(12-14-25)24-21(26)19-9-5-6-10-20(19)23/h2-10,16-17H,11-15H2,1H3,(H,24,26). The number of rotatable bonds is 6. The van der Waals surface area contributed by atoms with Gasteiger partial charge in [-0.1, -0.05) is 37.3 Å². The molecule has 1 heterocycles. The third-order valence-corrected chi connectivity index (χ3v) is 6.20. The molecule has 148 valence electrons. The van der Waals surface area contributed by atoms with Gasteiger partial charge in [-0.15, -0.1) is 11.8 Å². The van der Waals surface area contributed by atoms with Crippen LogP contribution < -0.4 is 5.32 Å². The van der Waals surface area contributed by atoms with Gasteiger partial charge < -0.3 is 10.2 Å². The van der Waals surface area contributed by atoms with E-state index in [2.05, 4.69) is 5.32 Å². The molecule has 4 nitrogen and oxygen atoms in total. The number of nitrogens with zero attached hydrogens (tertiary/aromatic N) is 1. The number of benzene rings is 2. The molecule has 1 fully saturated rings. The van der Waals surface area contributed by atoms with Crippen molar-refractivity contribution in [3.8, 4) is 0 Å². The molecule has 3 rings (SSSR count). The second-order valence-electron chi connectivity index (χ2n) is 7.08. The van der Waals surface area contributed by atoms with Gasteiger partial charge in [-0.2, -0.15) is 0 Å². The van der Waals surface area contributed by atoms with Crippen molar-refractivity contribution < 1.29 is 14.0 Å². The van der Waals surface area contributed by atoms with Crippen molar-refractivity contribution in [1.29, 1.82) is 0 Å². The van der Waals surface area contributed by atoms with Crippen molar-refractivity contribution in [3.63, 3.8) is 0 Å². The molecule has 0 radical (unpaired) electrons. The number of nitrogens with one attached hydrogen (secondary N) is 1. The van der Waals surface area contributed by atoms with E-state index in [0.717, 1.165) is 10.6 Å². The fourth-order valence-electron chi connectivity index (χ4n) is 3.27. The lowest BCUT2D eigenvalue weighted by molar-refractivity contribution is -0.135. The van der Waals surface area contributed by atoms with Gasteiger partial charge in [0.1, 0.15) is 5.82 Å². The van der Waals surface area contributed by atoms with Gasteiger partial charge in [0, 0.05) is 35.7 Å². The van der Waals surface area contributed by atoms with Crippen LogP contribution in [0.2, 0.25) is 0 Å². The molecule has 0 aliphatic carbocycles. The third-order valence-electron chi connectivity index (χ3n) is 4.93. The Bertz CT molecular complexity index is 807. The van der Waals surface area contributed by atoms with Crippen LogP contribution in [0.4, 0.5) is 4.39 Å². The van der Waals surface area contributed by atoms with E-state index in [1.165, 1.54) is 12.1 Å². The lowest BCUT2D eigenvalue weighted by atomic mass is 10.0. The van der Waals surface area contributed by atoms with Crippen LogP contribution in [0.25, 0.3) is 0 Å². The van der Waals surface area contributed by atoms with E-state index in [1.807, 2.05) is 42.2 Å². The maximum Gasteiger partial charge on any atom is 0.254 e. The summed E-state index contributed by atoms with van der Waals surface area (Å²) in [7, 11) is 0. The Labute approximate surface area is 169 Å². The van der Waals surface area contributed by atoms with E-state index in [4.69, 9.17) is 0 Å². The molecule has 1 N–H and O–H groups in total. The normalized spacial score (nSPS) is 15.9. The van der Waals surface area contributed by atoms with Crippen LogP contribution in [0.1, 0.15) is 30.1 Å². The Morgan fingerprint density at radius 3 is 2.43 bits per heavy atom. The first-order chi connectivity index (χ1) is 13.5. The topological polar surface area (TPSA) is 49.4 Å². The number of amides is 2. The Morgan fingerprint density at radius 2 is 1.75 bits per heavy atom. The molecule has 0 bridgehead atoms. The molecule has 1 saturated heterocycles.